The Kier molecular flexibility index (Phi) is 4.10. The Balaban J connectivity index is 1.75. The second-order valence-corrected chi connectivity index (χ2v) is 7.70. The zero-order chi connectivity index (χ0) is 15.7. The van der Waals surface area contributed by atoms with Crippen LogP contribution in [0.15, 0.2) is 24.3 Å². The third kappa shape index (κ3) is 2.96. The average Bonchev–Trinajstić information content (AvgIpc) is 2.97. The summed E-state index contributed by atoms with van der Waals surface area (Å²) in [6.45, 7) is 0.962. The smallest absolute Gasteiger partial charge is 0.238 e. The van der Waals surface area contributed by atoms with Crippen LogP contribution in [0.5, 0.6) is 5.75 Å². The van der Waals surface area contributed by atoms with Crippen molar-refractivity contribution in [1.82, 2.24) is 9.62 Å². The summed E-state index contributed by atoms with van der Waals surface area (Å²) >= 11 is 0. The summed E-state index contributed by atoms with van der Waals surface area (Å²) in [6, 6.07) is 6.90. The molecule has 1 aromatic carbocycles. The van der Waals surface area contributed by atoms with Gasteiger partial charge in [0.2, 0.25) is 15.9 Å². The zero-order valence-corrected chi connectivity index (χ0v) is 13.3. The van der Waals surface area contributed by atoms with E-state index in [1.165, 1.54) is 4.31 Å². The largest absolute Gasteiger partial charge is 0.493 e. The lowest BCUT2D eigenvalue weighted by Crippen LogP contribution is -2.47. The lowest BCUT2D eigenvalue weighted by atomic mass is 10.00. The molecule has 0 radical (unpaired) electrons. The standard InChI is InChI=1S/C15H20N2O4S/c1-22(19,20)17-9-4-6-13(17)15(18)16-12-8-10-21-14-7-3-2-5-11(12)14/h2-3,5,7,12-13H,4,6,8-10H2,1H3,(H,16,18)/t12-,13+/m0/s1. The van der Waals surface area contributed by atoms with Crippen LogP contribution >= 0.6 is 0 Å². The molecule has 120 valence electrons. The van der Waals surface area contributed by atoms with E-state index in [4.69, 9.17) is 4.74 Å². The number of rotatable bonds is 3. The molecule has 0 aromatic heterocycles. The van der Waals surface area contributed by atoms with E-state index in [0.717, 1.165) is 24.0 Å². The molecule has 1 saturated heterocycles. The topological polar surface area (TPSA) is 75.7 Å². The number of hydrogen-bond donors (Lipinski definition) is 1. The Morgan fingerprint density at radius 2 is 2.09 bits per heavy atom. The first-order chi connectivity index (χ1) is 10.5. The van der Waals surface area contributed by atoms with Crippen molar-refractivity contribution in [2.45, 2.75) is 31.3 Å². The highest BCUT2D eigenvalue weighted by atomic mass is 32.2. The van der Waals surface area contributed by atoms with Crippen LogP contribution in [0.25, 0.3) is 0 Å². The summed E-state index contributed by atoms with van der Waals surface area (Å²) in [5, 5.41) is 2.99. The predicted octanol–water partition coefficient (Wildman–Crippen LogP) is 1.05. The Morgan fingerprint density at radius 3 is 2.86 bits per heavy atom. The Morgan fingerprint density at radius 1 is 1.32 bits per heavy atom. The molecule has 0 unspecified atom stereocenters. The molecule has 2 aliphatic heterocycles. The van der Waals surface area contributed by atoms with E-state index in [2.05, 4.69) is 5.32 Å². The van der Waals surface area contributed by atoms with Crippen LogP contribution in [0.1, 0.15) is 30.9 Å². The van der Waals surface area contributed by atoms with Crippen LogP contribution in [0.2, 0.25) is 0 Å². The van der Waals surface area contributed by atoms with Gasteiger partial charge < -0.3 is 10.1 Å². The van der Waals surface area contributed by atoms with Crippen LogP contribution < -0.4 is 10.1 Å². The van der Waals surface area contributed by atoms with Crippen LogP contribution in [0.4, 0.5) is 0 Å². The summed E-state index contributed by atoms with van der Waals surface area (Å²) in [5.41, 5.74) is 0.950. The van der Waals surface area contributed by atoms with Gasteiger partial charge in [-0.3, -0.25) is 4.79 Å². The molecule has 0 bridgehead atoms. The van der Waals surface area contributed by atoms with E-state index in [1.807, 2.05) is 24.3 Å². The fourth-order valence-corrected chi connectivity index (χ4v) is 4.28. The van der Waals surface area contributed by atoms with Crippen LogP contribution in [-0.2, 0) is 14.8 Å². The highest BCUT2D eigenvalue weighted by Gasteiger charge is 2.37. The quantitative estimate of drug-likeness (QED) is 0.902. The molecular formula is C15H20N2O4S. The first-order valence-electron chi connectivity index (χ1n) is 7.46. The van der Waals surface area contributed by atoms with Gasteiger partial charge in [-0.05, 0) is 18.9 Å². The highest BCUT2D eigenvalue weighted by molar-refractivity contribution is 7.88. The van der Waals surface area contributed by atoms with Gasteiger partial charge in [-0.15, -0.1) is 0 Å². The fourth-order valence-electron chi connectivity index (χ4n) is 3.16. The molecule has 7 heteroatoms. The molecule has 2 aliphatic rings. The van der Waals surface area contributed by atoms with E-state index in [-0.39, 0.29) is 11.9 Å². The number of ether oxygens (including phenoxy) is 1. The minimum atomic E-state index is -3.35. The second-order valence-electron chi connectivity index (χ2n) is 5.77. The number of sulfonamides is 1. The van der Waals surface area contributed by atoms with Gasteiger partial charge in [0.25, 0.3) is 0 Å². The second kappa shape index (κ2) is 5.89. The number of amides is 1. The van der Waals surface area contributed by atoms with Gasteiger partial charge in [0, 0.05) is 18.5 Å². The molecule has 0 aliphatic carbocycles. The number of benzene rings is 1. The van der Waals surface area contributed by atoms with Crippen molar-refractivity contribution in [1.29, 1.82) is 0 Å². The molecule has 6 nitrogen and oxygen atoms in total. The Labute approximate surface area is 130 Å². The molecule has 2 heterocycles. The SMILES string of the molecule is CS(=O)(=O)N1CCC[C@@H]1C(=O)N[C@H]1CCOc2ccccc21. The normalized spacial score (nSPS) is 25.3. The summed E-state index contributed by atoms with van der Waals surface area (Å²) < 4.78 is 30.4. The summed E-state index contributed by atoms with van der Waals surface area (Å²) in [6.07, 6.45) is 3.13. The predicted molar refractivity (Wildman–Crippen MR) is 82.0 cm³/mol. The molecule has 22 heavy (non-hydrogen) atoms. The summed E-state index contributed by atoms with van der Waals surface area (Å²) in [4.78, 5) is 12.5. The molecule has 3 rings (SSSR count). The summed E-state index contributed by atoms with van der Waals surface area (Å²) in [7, 11) is -3.35. The van der Waals surface area contributed by atoms with Crippen molar-refractivity contribution >= 4 is 15.9 Å². The number of nitrogens with one attached hydrogen (secondary N) is 1. The first kappa shape index (κ1) is 15.3. The van der Waals surface area contributed by atoms with Crippen molar-refractivity contribution in [3.63, 3.8) is 0 Å². The summed E-state index contributed by atoms with van der Waals surface area (Å²) in [5.74, 6) is 0.565. The molecular weight excluding hydrogens is 304 g/mol. The molecule has 1 N–H and O–H groups in total. The van der Waals surface area contributed by atoms with Crippen molar-refractivity contribution in [3.05, 3.63) is 29.8 Å². The molecule has 0 saturated carbocycles. The van der Waals surface area contributed by atoms with Crippen LogP contribution in [-0.4, -0.2) is 44.1 Å². The third-order valence-corrected chi connectivity index (χ3v) is 5.50. The van der Waals surface area contributed by atoms with Gasteiger partial charge in [-0.25, -0.2) is 8.42 Å². The minimum Gasteiger partial charge on any atom is -0.493 e. The molecule has 1 aromatic rings. The van der Waals surface area contributed by atoms with E-state index >= 15 is 0 Å². The lowest BCUT2D eigenvalue weighted by Gasteiger charge is -2.29. The maximum atomic E-state index is 12.5. The Hall–Kier alpha value is -1.60. The number of fused-ring (bicyclic) bond motifs is 1. The number of nitrogens with zero attached hydrogens (tertiary/aromatic N) is 1. The molecule has 2 atom stereocenters. The van der Waals surface area contributed by atoms with Gasteiger partial charge >= 0.3 is 0 Å². The maximum absolute atomic E-state index is 12.5. The van der Waals surface area contributed by atoms with E-state index in [9.17, 15) is 13.2 Å². The number of para-hydroxylation sites is 1. The Bertz CT molecular complexity index is 674. The van der Waals surface area contributed by atoms with E-state index in [1.54, 1.807) is 0 Å². The minimum absolute atomic E-state index is 0.125. The molecule has 1 amide bonds. The van der Waals surface area contributed by atoms with Crippen molar-refractivity contribution in [2.75, 3.05) is 19.4 Å². The van der Waals surface area contributed by atoms with Gasteiger partial charge in [-0.1, -0.05) is 18.2 Å². The fraction of sp³-hybridized carbons (Fsp3) is 0.533. The van der Waals surface area contributed by atoms with Gasteiger partial charge in [0.15, 0.2) is 0 Å². The molecule has 0 spiro atoms. The van der Waals surface area contributed by atoms with Crippen molar-refractivity contribution in [2.24, 2.45) is 0 Å². The zero-order valence-electron chi connectivity index (χ0n) is 12.5. The van der Waals surface area contributed by atoms with E-state index < -0.39 is 16.1 Å². The number of carbonyl (C=O) groups excluding carboxylic acids is 1. The van der Waals surface area contributed by atoms with E-state index in [0.29, 0.717) is 26.0 Å². The van der Waals surface area contributed by atoms with Crippen molar-refractivity contribution in [3.8, 4) is 5.75 Å². The van der Waals surface area contributed by atoms with Crippen LogP contribution in [0.3, 0.4) is 0 Å². The van der Waals surface area contributed by atoms with Crippen LogP contribution in [0, 0.1) is 0 Å². The monoisotopic (exact) mass is 324 g/mol. The third-order valence-electron chi connectivity index (χ3n) is 4.21. The van der Waals surface area contributed by atoms with Gasteiger partial charge in [0.1, 0.15) is 11.8 Å². The molecule has 1 fully saturated rings. The number of carbonyl (C=O) groups is 1. The first-order valence-corrected chi connectivity index (χ1v) is 9.30. The van der Waals surface area contributed by atoms with Crippen molar-refractivity contribution < 1.29 is 17.9 Å². The van der Waals surface area contributed by atoms with Gasteiger partial charge in [0.05, 0.1) is 18.9 Å². The highest BCUT2D eigenvalue weighted by Crippen LogP contribution is 2.32. The lowest BCUT2D eigenvalue weighted by molar-refractivity contribution is -0.125. The van der Waals surface area contributed by atoms with Gasteiger partial charge in [-0.2, -0.15) is 4.31 Å². The number of hydrogen-bond acceptors (Lipinski definition) is 4. The maximum Gasteiger partial charge on any atom is 0.238 e. The average molecular weight is 324 g/mol.